The Labute approximate surface area is 285 Å². The first-order valence-electron chi connectivity index (χ1n) is 14.7. The van der Waals surface area contributed by atoms with Crippen molar-refractivity contribution < 1.29 is 30.5 Å². The summed E-state index contributed by atoms with van der Waals surface area (Å²) in [7, 11) is -8.21. The van der Waals surface area contributed by atoms with Gasteiger partial charge in [-0.05, 0) is 43.2 Å². The first-order chi connectivity index (χ1) is 22.4. The molecule has 3 heterocycles. The monoisotopic (exact) mass is 732 g/mol. The summed E-state index contributed by atoms with van der Waals surface area (Å²) < 4.78 is 69.2. The van der Waals surface area contributed by atoms with Crippen LogP contribution in [0.2, 0.25) is 0 Å². The smallest absolute Gasteiger partial charge is 0.269 e. The number of benzene rings is 2. The van der Waals surface area contributed by atoms with Crippen LogP contribution in [0.5, 0.6) is 0 Å². The minimum absolute atomic E-state index is 0.143. The van der Waals surface area contributed by atoms with Gasteiger partial charge < -0.3 is 4.90 Å². The van der Waals surface area contributed by atoms with Gasteiger partial charge in [0, 0.05) is 30.5 Å². The summed E-state index contributed by atoms with van der Waals surface area (Å²) in [4.78, 5) is 15.5. The largest absolute Gasteiger partial charge is 0.335 e. The Morgan fingerprint density at radius 1 is 0.872 bits per heavy atom. The van der Waals surface area contributed by atoms with Gasteiger partial charge in [0.2, 0.25) is 5.69 Å². The van der Waals surface area contributed by atoms with Crippen LogP contribution in [0.3, 0.4) is 0 Å². The van der Waals surface area contributed by atoms with Crippen LogP contribution < -0.4 is 19.3 Å². The zero-order valence-corrected chi connectivity index (χ0v) is 29.5. The molecule has 4 aromatic rings. The van der Waals surface area contributed by atoms with Crippen molar-refractivity contribution in [2.24, 2.45) is 0 Å². The zero-order valence-electron chi connectivity index (χ0n) is 25.4. The van der Waals surface area contributed by atoms with Crippen LogP contribution in [0.1, 0.15) is 30.3 Å². The molecular weight excluding hydrogens is 699 g/mol. The third-order valence-electron chi connectivity index (χ3n) is 7.28. The normalized spacial score (nSPS) is 15.6. The lowest BCUT2D eigenvalue weighted by Crippen LogP contribution is -2.38. The zero-order chi connectivity index (χ0) is 33.6. The van der Waals surface area contributed by atoms with Crippen LogP contribution in [0.25, 0.3) is 29.1 Å². The van der Waals surface area contributed by atoms with Gasteiger partial charge in [-0.1, -0.05) is 71.6 Å². The SMILES string of the molecule is CCn1c(=O)/c(=C/C=C2/SC=C(c3ccccc3)N2CCCS(=O)(=O)O)s/c1=C\c1scc(-c2ccccc2)[n+]1CCCS(=O)(=O)O. The maximum absolute atomic E-state index is 13.5. The first-order valence-corrected chi connectivity index (χ1v) is 20.5. The quantitative estimate of drug-likeness (QED) is 0.154. The standard InChI is InChI=1S/C32H33N3O7S5/c1-2-33-31(21-30-35(18-10-20-47(40,41)42)27(23-44-30)25-13-7-4-8-14-25)45-28(32(33)36)15-16-29-34(17-9-19-46(37,38)39)26(22-43-29)24-11-5-3-6-12-24/h3-8,11-16,21-23H,2,9-10,17-20H2,1H3,(H-,37,38,39,40,41,42)/p+1/b28-15-,29-16+. The number of aromatic nitrogens is 2. The molecule has 1 aliphatic rings. The summed E-state index contributed by atoms with van der Waals surface area (Å²) in [5.41, 5.74) is 3.60. The number of nitrogens with zero attached hydrogens (tertiary/aromatic N) is 3. The van der Waals surface area contributed by atoms with Gasteiger partial charge in [-0.2, -0.15) is 21.4 Å². The van der Waals surface area contributed by atoms with E-state index in [1.165, 1.54) is 34.4 Å². The van der Waals surface area contributed by atoms with E-state index in [1.54, 1.807) is 10.6 Å². The number of allylic oxidation sites excluding steroid dienone is 1. The molecule has 2 N–H and O–H groups in total. The highest BCUT2D eigenvalue weighted by atomic mass is 32.2. The average molecular weight is 733 g/mol. The molecule has 0 unspecified atom stereocenters. The molecule has 0 saturated heterocycles. The molecule has 10 nitrogen and oxygen atoms in total. The molecule has 47 heavy (non-hydrogen) atoms. The van der Waals surface area contributed by atoms with Crippen molar-refractivity contribution in [1.29, 1.82) is 0 Å². The predicted octanol–water partition coefficient (Wildman–Crippen LogP) is 4.00. The van der Waals surface area contributed by atoms with Crippen LogP contribution in [0.4, 0.5) is 0 Å². The van der Waals surface area contributed by atoms with Crippen LogP contribution in [-0.4, -0.2) is 53.5 Å². The fraction of sp³-hybridized carbons (Fsp3) is 0.250. The molecule has 0 amide bonds. The van der Waals surface area contributed by atoms with E-state index in [0.717, 1.165) is 37.2 Å². The second-order valence-electron chi connectivity index (χ2n) is 10.6. The molecule has 2 aromatic carbocycles. The van der Waals surface area contributed by atoms with Gasteiger partial charge in [0.05, 0.1) is 38.2 Å². The average Bonchev–Trinajstić information content (AvgIpc) is 3.71. The minimum Gasteiger partial charge on any atom is -0.335 e. The second-order valence-corrected chi connectivity index (χ2v) is 16.6. The van der Waals surface area contributed by atoms with Gasteiger partial charge in [-0.25, -0.2) is 0 Å². The molecule has 248 valence electrons. The van der Waals surface area contributed by atoms with Gasteiger partial charge in [0.1, 0.15) is 4.66 Å². The number of thiazole rings is 2. The third-order valence-corrected chi connectivity index (χ3v) is 11.8. The van der Waals surface area contributed by atoms with Crippen LogP contribution in [0, 0.1) is 0 Å². The molecule has 0 fully saturated rings. The van der Waals surface area contributed by atoms with E-state index in [4.69, 9.17) is 0 Å². The van der Waals surface area contributed by atoms with E-state index in [0.29, 0.717) is 24.2 Å². The van der Waals surface area contributed by atoms with Crippen molar-refractivity contribution >= 4 is 72.5 Å². The third kappa shape index (κ3) is 9.19. The Balaban J connectivity index is 1.52. The maximum atomic E-state index is 13.5. The summed E-state index contributed by atoms with van der Waals surface area (Å²) in [5.74, 6) is -0.718. The molecule has 1 aliphatic heterocycles. The summed E-state index contributed by atoms with van der Waals surface area (Å²) in [6.07, 6.45) is 6.01. The highest BCUT2D eigenvalue weighted by Crippen LogP contribution is 2.39. The van der Waals surface area contributed by atoms with Crippen molar-refractivity contribution in [3.8, 4) is 11.3 Å². The van der Waals surface area contributed by atoms with E-state index in [2.05, 4.69) is 0 Å². The lowest BCUT2D eigenvalue weighted by Gasteiger charge is -2.23. The van der Waals surface area contributed by atoms with Gasteiger partial charge in [0.15, 0.2) is 6.54 Å². The van der Waals surface area contributed by atoms with Crippen LogP contribution in [-0.2, 0) is 33.3 Å². The Hall–Kier alpha value is -3.31. The van der Waals surface area contributed by atoms with Crippen molar-refractivity contribution in [2.45, 2.75) is 32.9 Å². The molecule has 0 bridgehead atoms. The molecule has 0 atom stereocenters. The molecule has 5 rings (SSSR count). The molecular formula is C32H34N3O7S5+. The number of hydrogen-bond donors (Lipinski definition) is 2. The highest BCUT2D eigenvalue weighted by molar-refractivity contribution is 8.06. The van der Waals surface area contributed by atoms with Gasteiger partial charge in [0.25, 0.3) is 30.8 Å². The van der Waals surface area contributed by atoms with Crippen molar-refractivity contribution in [2.75, 3.05) is 18.1 Å². The Morgan fingerprint density at radius 3 is 2.15 bits per heavy atom. The van der Waals surface area contributed by atoms with E-state index in [1.807, 2.05) is 100.0 Å². The first kappa shape index (κ1) is 35.0. The van der Waals surface area contributed by atoms with Crippen LogP contribution in [0.15, 0.2) is 87.4 Å². The second kappa shape index (κ2) is 15.3. The Bertz CT molecular complexity index is 2190. The molecule has 2 aromatic heterocycles. The van der Waals surface area contributed by atoms with E-state index < -0.39 is 20.2 Å². The minimum atomic E-state index is -4.11. The van der Waals surface area contributed by atoms with Gasteiger partial charge >= 0.3 is 0 Å². The predicted molar refractivity (Wildman–Crippen MR) is 190 cm³/mol. The van der Waals surface area contributed by atoms with Gasteiger partial charge in [-0.15, -0.1) is 11.3 Å². The van der Waals surface area contributed by atoms with E-state index in [9.17, 15) is 30.7 Å². The lowest BCUT2D eigenvalue weighted by molar-refractivity contribution is -0.683. The summed E-state index contributed by atoms with van der Waals surface area (Å²) in [5, 5.41) is 5.64. The fourth-order valence-electron chi connectivity index (χ4n) is 5.11. The summed E-state index contributed by atoms with van der Waals surface area (Å²) in [6, 6.07) is 19.5. The lowest BCUT2D eigenvalue weighted by atomic mass is 10.1. The Morgan fingerprint density at radius 2 is 1.51 bits per heavy atom. The molecule has 0 aliphatic carbocycles. The molecule has 15 heteroatoms. The number of thioether (sulfide) groups is 1. The van der Waals surface area contributed by atoms with E-state index >= 15 is 0 Å². The van der Waals surface area contributed by atoms with Gasteiger partial charge in [-0.3, -0.25) is 18.5 Å². The van der Waals surface area contributed by atoms with Crippen LogP contribution >= 0.6 is 34.4 Å². The molecule has 0 spiro atoms. The fourth-order valence-corrected chi connectivity index (χ4v) is 9.18. The Kier molecular flexibility index (Phi) is 11.4. The molecule has 0 saturated carbocycles. The summed E-state index contributed by atoms with van der Waals surface area (Å²) in [6.45, 7) is 3.06. The van der Waals surface area contributed by atoms with Crippen molar-refractivity contribution in [3.63, 3.8) is 0 Å². The summed E-state index contributed by atoms with van der Waals surface area (Å²) >= 11 is 4.31. The van der Waals surface area contributed by atoms with Crippen molar-refractivity contribution in [1.82, 2.24) is 9.47 Å². The maximum Gasteiger partial charge on any atom is 0.269 e. The highest BCUT2D eigenvalue weighted by Gasteiger charge is 2.24. The number of rotatable bonds is 13. The molecule has 0 radical (unpaired) electrons. The van der Waals surface area contributed by atoms with E-state index in [-0.39, 0.29) is 29.9 Å². The van der Waals surface area contributed by atoms with Crippen molar-refractivity contribution in [3.05, 3.63) is 113 Å². The number of hydrogen-bond acceptors (Lipinski definition) is 9. The topological polar surface area (TPSA) is 138 Å².